The second-order valence-electron chi connectivity index (χ2n) is 4.41. The first-order valence-corrected chi connectivity index (χ1v) is 6.06. The summed E-state index contributed by atoms with van der Waals surface area (Å²) < 4.78 is 42.1. The number of ether oxygens (including phenoxy) is 1. The standard InChI is InChI=1S/C11H16F3N5O/c1-15-18-17-9-3-2-4-16-10(9)20-8-5-19(6-8)7-11(12,13)14/h2-4,8,15,17-18H,5-7H2,1H3. The van der Waals surface area contributed by atoms with Crippen LogP contribution in [0.3, 0.4) is 0 Å². The number of anilines is 1. The zero-order valence-electron chi connectivity index (χ0n) is 10.9. The molecule has 0 unspecified atom stereocenters. The molecule has 0 bridgehead atoms. The minimum Gasteiger partial charge on any atom is -0.470 e. The molecular weight excluding hydrogens is 275 g/mol. The molecule has 1 fully saturated rings. The van der Waals surface area contributed by atoms with Gasteiger partial charge in [0.25, 0.3) is 0 Å². The lowest BCUT2D eigenvalue weighted by Crippen LogP contribution is -2.56. The zero-order chi connectivity index (χ0) is 14.6. The zero-order valence-corrected chi connectivity index (χ0v) is 10.9. The summed E-state index contributed by atoms with van der Waals surface area (Å²) >= 11 is 0. The van der Waals surface area contributed by atoms with Gasteiger partial charge >= 0.3 is 6.18 Å². The average molecular weight is 291 g/mol. The number of nitrogens with one attached hydrogen (secondary N) is 3. The van der Waals surface area contributed by atoms with E-state index < -0.39 is 12.7 Å². The van der Waals surface area contributed by atoms with Crippen molar-refractivity contribution in [3.63, 3.8) is 0 Å². The van der Waals surface area contributed by atoms with Gasteiger partial charge in [-0.3, -0.25) is 4.90 Å². The molecule has 1 aliphatic rings. The highest BCUT2D eigenvalue weighted by Gasteiger charge is 2.38. The fourth-order valence-corrected chi connectivity index (χ4v) is 1.85. The lowest BCUT2D eigenvalue weighted by Gasteiger charge is -2.39. The maximum Gasteiger partial charge on any atom is 0.401 e. The fraction of sp³-hybridized carbons (Fsp3) is 0.545. The van der Waals surface area contributed by atoms with Crippen molar-refractivity contribution in [1.29, 1.82) is 0 Å². The molecule has 0 spiro atoms. The lowest BCUT2D eigenvalue weighted by molar-refractivity contribution is -0.162. The third-order valence-electron chi connectivity index (χ3n) is 2.70. The molecule has 9 heteroatoms. The van der Waals surface area contributed by atoms with Gasteiger partial charge in [0.1, 0.15) is 11.8 Å². The summed E-state index contributed by atoms with van der Waals surface area (Å²) in [5.74, 6) is 0.354. The number of hydrogen-bond acceptors (Lipinski definition) is 6. The lowest BCUT2D eigenvalue weighted by atomic mass is 10.1. The van der Waals surface area contributed by atoms with Gasteiger partial charge in [0.2, 0.25) is 5.88 Å². The maximum atomic E-state index is 12.2. The Bertz CT molecular complexity index is 436. The molecule has 2 rings (SSSR count). The number of hydrogen-bond donors (Lipinski definition) is 3. The molecule has 0 saturated carbocycles. The van der Waals surface area contributed by atoms with E-state index in [2.05, 4.69) is 21.4 Å². The van der Waals surface area contributed by atoms with Crippen LogP contribution >= 0.6 is 0 Å². The Morgan fingerprint density at radius 2 is 2.20 bits per heavy atom. The first-order chi connectivity index (χ1) is 9.48. The number of alkyl halides is 3. The van der Waals surface area contributed by atoms with E-state index >= 15 is 0 Å². The molecule has 20 heavy (non-hydrogen) atoms. The van der Waals surface area contributed by atoms with Crippen LogP contribution in [0.2, 0.25) is 0 Å². The SMILES string of the molecule is CNNNc1cccnc1OC1CN(CC(F)(F)F)C1. The molecule has 1 aromatic rings. The van der Waals surface area contributed by atoms with Crippen LogP contribution in [0, 0.1) is 0 Å². The number of likely N-dealkylation sites (tertiary alicyclic amines) is 1. The monoisotopic (exact) mass is 291 g/mol. The first-order valence-electron chi connectivity index (χ1n) is 6.06. The second-order valence-corrected chi connectivity index (χ2v) is 4.41. The second kappa shape index (κ2) is 6.25. The molecule has 112 valence electrons. The van der Waals surface area contributed by atoms with E-state index in [4.69, 9.17) is 4.74 Å². The van der Waals surface area contributed by atoms with Crippen molar-refractivity contribution in [1.82, 2.24) is 20.8 Å². The number of hydrazine groups is 2. The predicted molar refractivity (Wildman–Crippen MR) is 67.0 cm³/mol. The van der Waals surface area contributed by atoms with Crippen molar-refractivity contribution in [2.24, 2.45) is 0 Å². The van der Waals surface area contributed by atoms with Crippen LogP contribution < -0.4 is 21.1 Å². The highest BCUT2D eigenvalue weighted by atomic mass is 19.4. The van der Waals surface area contributed by atoms with Gasteiger partial charge in [-0.15, -0.1) is 0 Å². The highest BCUT2D eigenvalue weighted by molar-refractivity contribution is 5.51. The summed E-state index contributed by atoms with van der Waals surface area (Å²) in [6.07, 6.45) is -2.88. The Labute approximate surface area is 114 Å². The number of aromatic nitrogens is 1. The summed E-state index contributed by atoms with van der Waals surface area (Å²) in [6.45, 7) is -0.411. The van der Waals surface area contributed by atoms with E-state index in [0.717, 1.165) is 0 Å². The molecule has 2 heterocycles. The summed E-state index contributed by atoms with van der Waals surface area (Å²) in [6, 6.07) is 3.47. The Hall–Kier alpha value is -1.58. The van der Waals surface area contributed by atoms with E-state index in [9.17, 15) is 13.2 Å². The van der Waals surface area contributed by atoms with Crippen molar-refractivity contribution in [2.45, 2.75) is 12.3 Å². The predicted octanol–water partition coefficient (Wildman–Crippen LogP) is 0.758. The largest absolute Gasteiger partial charge is 0.470 e. The Kier molecular flexibility index (Phi) is 4.63. The molecule has 0 aliphatic carbocycles. The number of halogens is 3. The molecule has 0 radical (unpaired) electrons. The minimum atomic E-state index is -4.17. The maximum absolute atomic E-state index is 12.2. The molecule has 3 N–H and O–H groups in total. The molecule has 1 aliphatic heterocycles. The minimum absolute atomic E-state index is 0.245. The summed E-state index contributed by atoms with van der Waals surface area (Å²) in [4.78, 5) is 5.34. The van der Waals surface area contributed by atoms with Crippen molar-refractivity contribution in [2.75, 3.05) is 32.1 Å². The normalized spacial score (nSPS) is 16.8. The third-order valence-corrected chi connectivity index (χ3v) is 2.70. The summed E-state index contributed by atoms with van der Waals surface area (Å²) in [7, 11) is 1.69. The van der Waals surface area contributed by atoms with Crippen LogP contribution in [0.4, 0.5) is 18.9 Å². The molecular formula is C11H16F3N5O. The third kappa shape index (κ3) is 4.22. The van der Waals surface area contributed by atoms with E-state index in [-0.39, 0.29) is 19.2 Å². The van der Waals surface area contributed by atoms with Gasteiger partial charge in [0, 0.05) is 26.3 Å². The van der Waals surface area contributed by atoms with Crippen molar-refractivity contribution >= 4 is 5.69 Å². The van der Waals surface area contributed by atoms with Gasteiger partial charge in [-0.05, 0) is 12.1 Å². The van der Waals surface area contributed by atoms with Gasteiger partial charge in [-0.1, -0.05) is 0 Å². The molecule has 1 saturated heterocycles. The number of pyridine rings is 1. The summed E-state index contributed by atoms with van der Waals surface area (Å²) in [5, 5.41) is 0. The molecule has 0 amide bonds. The Balaban J connectivity index is 1.83. The molecule has 6 nitrogen and oxygen atoms in total. The molecule has 0 atom stereocenters. The van der Waals surface area contributed by atoms with Crippen molar-refractivity contribution in [3.8, 4) is 5.88 Å². The van der Waals surface area contributed by atoms with Crippen molar-refractivity contribution < 1.29 is 17.9 Å². The quantitative estimate of drug-likeness (QED) is 0.673. The summed E-state index contributed by atoms with van der Waals surface area (Å²) in [5.41, 5.74) is 8.79. The van der Waals surface area contributed by atoms with Crippen LogP contribution in [-0.4, -0.2) is 48.8 Å². The van der Waals surface area contributed by atoms with E-state index in [1.165, 1.54) is 4.90 Å². The van der Waals surface area contributed by atoms with Crippen LogP contribution in [0.1, 0.15) is 0 Å². The van der Waals surface area contributed by atoms with Crippen LogP contribution in [0.25, 0.3) is 0 Å². The van der Waals surface area contributed by atoms with Crippen LogP contribution in [-0.2, 0) is 0 Å². The highest BCUT2D eigenvalue weighted by Crippen LogP contribution is 2.25. The topological polar surface area (TPSA) is 61.4 Å². The van der Waals surface area contributed by atoms with Gasteiger partial charge in [-0.25, -0.2) is 10.4 Å². The molecule has 1 aromatic heterocycles. The van der Waals surface area contributed by atoms with Crippen LogP contribution in [0.5, 0.6) is 5.88 Å². The van der Waals surface area contributed by atoms with E-state index in [1.807, 2.05) is 0 Å². The Morgan fingerprint density at radius 1 is 1.45 bits per heavy atom. The van der Waals surface area contributed by atoms with E-state index in [1.54, 1.807) is 25.4 Å². The van der Waals surface area contributed by atoms with Gasteiger partial charge < -0.3 is 10.2 Å². The van der Waals surface area contributed by atoms with Crippen LogP contribution in [0.15, 0.2) is 18.3 Å². The first kappa shape index (κ1) is 14.8. The Morgan fingerprint density at radius 3 is 2.85 bits per heavy atom. The number of rotatable bonds is 6. The number of nitrogens with zero attached hydrogens (tertiary/aromatic N) is 2. The van der Waals surface area contributed by atoms with Gasteiger partial charge in [0.05, 0.1) is 6.54 Å². The van der Waals surface area contributed by atoms with Gasteiger partial charge in [-0.2, -0.15) is 18.7 Å². The smallest absolute Gasteiger partial charge is 0.401 e. The van der Waals surface area contributed by atoms with Gasteiger partial charge in [0.15, 0.2) is 0 Å². The average Bonchev–Trinajstić information content (AvgIpc) is 2.33. The van der Waals surface area contributed by atoms with E-state index in [0.29, 0.717) is 11.6 Å². The van der Waals surface area contributed by atoms with Crippen molar-refractivity contribution in [3.05, 3.63) is 18.3 Å². The fourth-order valence-electron chi connectivity index (χ4n) is 1.85. The molecule has 0 aromatic carbocycles.